The Labute approximate surface area is 74.9 Å². The summed E-state index contributed by atoms with van der Waals surface area (Å²) in [6.07, 6.45) is 7.27. The predicted molar refractivity (Wildman–Crippen MR) is 49.2 cm³/mol. The van der Waals surface area contributed by atoms with E-state index in [0.717, 1.165) is 6.04 Å². The molecule has 0 aromatic rings. The van der Waals surface area contributed by atoms with Crippen LogP contribution in [0.25, 0.3) is 0 Å². The summed E-state index contributed by atoms with van der Waals surface area (Å²) in [7, 11) is 1.85. The standard InChI is InChI=1S/C10H19NO/c1-12-10-5-2-4-9(8-10)11-6-3-7-11/h9-10H,2-8H2,1H3. The van der Waals surface area contributed by atoms with Crippen molar-refractivity contribution in [1.29, 1.82) is 0 Å². The van der Waals surface area contributed by atoms with E-state index in [1.54, 1.807) is 0 Å². The molecule has 1 heterocycles. The number of hydrogen-bond acceptors (Lipinski definition) is 2. The second-order valence-corrected chi connectivity index (χ2v) is 4.07. The van der Waals surface area contributed by atoms with Gasteiger partial charge >= 0.3 is 0 Å². The van der Waals surface area contributed by atoms with Gasteiger partial charge in [0.05, 0.1) is 6.10 Å². The Kier molecular flexibility index (Phi) is 2.66. The van der Waals surface area contributed by atoms with E-state index in [0.29, 0.717) is 6.10 Å². The van der Waals surface area contributed by atoms with Crippen molar-refractivity contribution < 1.29 is 4.74 Å². The minimum atomic E-state index is 0.546. The lowest BCUT2D eigenvalue weighted by atomic mass is 9.90. The van der Waals surface area contributed by atoms with Crippen LogP contribution in [-0.4, -0.2) is 37.2 Å². The molecule has 1 saturated heterocycles. The van der Waals surface area contributed by atoms with Gasteiger partial charge in [0, 0.05) is 13.2 Å². The fraction of sp³-hybridized carbons (Fsp3) is 1.00. The van der Waals surface area contributed by atoms with Gasteiger partial charge in [-0.1, -0.05) is 0 Å². The number of ether oxygens (including phenoxy) is 1. The van der Waals surface area contributed by atoms with E-state index in [-0.39, 0.29) is 0 Å². The number of likely N-dealkylation sites (tertiary alicyclic amines) is 1. The van der Waals surface area contributed by atoms with Gasteiger partial charge in [-0.25, -0.2) is 0 Å². The van der Waals surface area contributed by atoms with Crippen molar-refractivity contribution in [1.82, 2.24) is 4.90 Å². The molecule has 2 nitrogen and oxygen atoms in total. The molecule has 0 N–H and O–H groups in total. The Bertz CT molecular complexity index is 145. The van der Waals surface area contributed by atoms with Crippen molar-refractivity contribution in [3.05, 3.63) is 0 Å². The molecule has 0 bridgehead atoms. The molecule has 0 aromatic heterocycles. The first-order valence-electron chi connectivity index (χ1n) is 5.17. The molecular formula is C10H19NO. The minimum absolute atomic E-state index is 0.546. The van der Waals surface area contributed by atoms with Crippen LogP contribution >= 0.6 is 0 Å². The zero-order chi connectivity index (χ0) is 8.39. The van der Waals surface area contributed by atoms with Gasteiger partial charge in [0.15, 0.2) is 0 Å². The maximum Gasteiger partial charge on any atom is 0.0586 e. The molecule has 2 atom stereocenters. The first-order valence-corrected chi connectivity index (χ1v) is 5.17. The monoisotopic (exact) mass is 169 g/mol. The minimum Gasteiger partial charge on any atom is -0.381 e. The van der Waals surface area contributed by atoms with Gasteiger partial charge < -0.3 is 9.64 Å². The predicted octanol–water partition coefficient (Wildman–Crippen LogP) is 1.65. The Morgan fingerprint density at radius 3 is 2.58 bits per heavy atom. The van der Waals surface area contributed by atoms with Crippen molar-refractivity contribution in [3.8, 4) is 0 Å². The quantitative estimate of drug-likeness (QED) is 0.623. The number of nitrogens with zero attached hydrogens (tertiary/aromatic N) is 1. The summed E-state index contributed by atoms with van der Waals surface area (Å²) >= 11 is 0. The normalized spacial score (nSPS) is 37.8. The van der Waals surface area contributed by atoms with E-state index in [2.05, 4.69) is 4.90 Å². The molecule has 2 unspecified atom stereocenters. The fourth-order valence-electron chi connectivity index (χ4n) is 2.37. The first-order chi connectivity index (χ1) is 5.90. The lowest BCUT2D eigenvalue weighted by molar-refractivity contribution is 0.00911. The molecule has 1 aliphatic carbocycles. The van der Waals surface area contributed by atoms with E-state index in [1.165, 1.54) is 45.2 Å². The van der Waals surface area contributed by atoms with Crippen LogP contribution in [0.1, 0.15) is 32.1 Å². The first kappa shape index (κ1) is 8.52. The van der Waals surface area contributed by atoms with E-state index in [9.17, 15) is 0 Å². The molecule has 1 saturated carbocycles. The topological polar surface area (TPSA) is 12.5 Å². The molecule has 0 amide bonds. The summed E-state index contributed by atoms with van der Waals surface area (Å²) in [6, 6.07) is 0.845. The van der Waals surface area contributed by atoms with Gasteiger partial charge in [-0.2, -0.15) is 0 Å². The van der Waals surface area contributed by atoms with E-state index in [4.69, 9.17) is 4.74 Å². The number of rotatable bonds is 2. The third-order valence-electron chi connectivity index (χ3n) is 3.34. The molecule has 0 aromatic carbocycles. The second kappa shape index (κ2) is 3.75. The van der Waals surface area contributed by atoms with Crippen LogP contribution in [0, 0.1) is 0 Å². The van der Waals surface area contributed by atoms with Crippen LogP contribution < -0.4 is 0 Å². The highest BCUT2D eigenvalue weighted by Crippen LogP contribution is 2.27. The summed E-state index contributed by atoms with van der Waals surface area (Å²) < 4.78 is 5.41. The largest absolute Gasteiger partial charge is 0.381 e. The van der Waals surface area contributed by atoms with Crippen molar-refractivity contribution in [2.24, 2.45) is 0 Å². The maximum atomic E-state index is 5.41. The molecule has 1 aliphatic heterocycles. The van der Waals surface area contributed by atoms with E-state index < -0.39 is 0 Å². The van der Waals surface area contributed by atoms with Crippen LogP contribution in [0.2, 0.25) is 0 Å². The lowest BCUT2D eigenvalue weighted by Crippen LogP contribution is -2.48. The average Bonchev–Trinajstić information content (AvgIpc) is 2.02. The highest BCUT2D eigenvalue weighted by atomic mass is 16.5. The second-order valence-electron chi connectivity index (χ2n) is 4.07. The van der Waals surface area contributed by atoms with Gasteiger partial charge in [-0.15, -0.1) is 0 Å². The van der Waals surface area contributed by atoms with E-state index in [1.807, 2.05) is 7.11 Å². The Hall–Kier alpha value is -0.0800. The highest BCUT2D eigenvalue weighted by molar-refractivity contribution is 4.84. The van der Waals surface area contributed by atoms with Crippen LogP contribution in [-0.2, 0) is 4.74 Å². The van der Waals surface area contributed by atoms with Crippen molar-refractivity contribution in [3.63, 3.8) is 0 Å². The van der Waals surface area contributed by atoms with Crippen LogP contribution in [0.3, 0.4) is 0 Å². The van der Waals surface area contributed by atoms with Crippen LogP contribution in [0.4, 0.5) is 0 Å². The molecular weight excluding hydrogens is 150 g/mol. The van der Waals surface area contributed by atoms with Crippen molar-refractivity contribution in [2.75, 3.05) is 20.2 Å². The summed E-state index contributed by atoms with van der Waals surface area (Å²) in [4.78, 5) is 2.62. The fourth-order valence-corrected chi connectivity index (χ4v) is 2.37. The molecule has 0 spiro atoms. The molecule has 12 heavy (non-hydrogen) atoms. The Morgan fingerprint density at radius 2 is 2.00 bits per heavy atom. The van der Waals surface area contributed by atoms with Crippen LogP contribution in [0.5, 0.6) is 0 Å². The Balaban J connectivity index is 1.81. The molecule has 70 valence electrons. The highest BCUT2D eigenvalue weighted by Gasteiger charge is 2.29. The summed E-state index contributed by atoms with van der Waals surface area (Å²) in [5.74, 6) is 0. The summed E-state index contributed by atoms with van der Waals surface area (Å²) in [5, 5.41) is 0. The molecule has 0 radical (unpaired) electrons. The third kappa shape index (κ3) is 1.64. The molecule has 2 heteroatoms. The van der Waals surface area contributed by atoms with Gasteiger partial charge in [-0.3, -0.25) is 0 Å². The zero-order valence-corrected chi connectivity index (χ0v) is 7.96. The summed E-state index contributed by atoms with van der Waals surface area (Å²) in [5.41, 5.74) is 0. The molecule has 2 fully saturated rings. The molecule has 2 aliphatic rings. The van der Waals surface area contributed by atoms with E-state index >= 15 is 0 Å². The number of methoxy groups -OCH3 is 1. The molecule has 2 rings (SSSR count). The average molecular weight is 169 g/mol. The van der Waals surface area contributed by atoms with Gasteiger partial charge in [-0.05, 0) is 45.2 Å². The van der Waals surface area contributed by atoms with Crippen molar-refractivity contribution in [2.45, 2.75) is 44.2 Å². The van der Waals surface area contributed by atoms with Crippen molar-refractivity contribution >= 4 is 0 Å². The maximum absolute atomic E-state index is 5.41. The third-order valence-corrected chi connectivity index (χ3v) is 3.34. The Morgan fingerprint density at radius 1 is 1.17 bits per heavy atom. The van der Waals surface area contributed by atoms with Crippen LogP contribution in [0.15, 0.2) is 0 Å². The number of hydrogen-bond donors (Lipinski definition) is 0. The smallest absolute Gasteiger partial charge is 0.0586 e. The SMILES string of the molecule is COC1CCCC(N2CCC2)C1. The summed E-state index contributed by atoms with van der Waals surface area (Å²) in [6.45, 7) is 2.67. The lowest BCUT2D eigenvalue weighted by Gasteiger charge is -2.42. The van der Waals surface area contributed by atoms with Gasteiger partial charge in [0.1, 0.15) is 0 Å². The van der Waals surface area contributed by atoms with Gasteiger partial charge in [0.25, 0.3) is 0 Å². The zero-order valence-electron chi connectivity index (χ0n) is 7.96. The van der Waals surface area contributed by atoms with Gasteiger partial charge in [0.2, 0.25) is 0 Å².